The van der Waals surface area contributed by atoms with Crippen LogP contribution in [0.1, 0.15) is 316 Å². The Bertz CT molecular complexity index is 1230. The number of esters is 1. The summed E-state index contributed by atoms with van der Waals surface area (Å²) in [6, 6.07) is -0.878. The summed E-state index contributed by atoms with van der Waals surface area (Å²) in [5.41, 5.74) is 0. The second-order valence-corrected chi connectivity index (χ2v) is 24.0. The second kappa shape index (κ2) is 52.2. The molecule has 1 N–H and O–H groups in total. The highest BCUT2D eigenvalue weighted by atomic mass is 31.2. The lowest BCUT2D eigenvalue weighted by atomic mass is 10.0. The van der Waals surface area contributed by atoms with Crippen molar-refractivity contribution in [3.63, 3.8) is 0 Å². The summed E-state index contributed by atoms with van der Waals surface area (Å²) >= 11 is 0. The van der Waals surface area contributed by atoms with Crippen molar-refractivity contribution >= 4 is 19.7 Å². The van der Waals surface area contributed by atoms with Crippen LogP contribution in [0.15, 0.2) is 12.2 Å². The van der Waals surface area contributed by atoms with E-state index in [4.69, 9.17) is 13.8 Å². The van der Waals surface area contributed by atoms with Crippen molar-refractivity contribution < 1.29 is 37.3 Å². The fourth-order valence-corrected chi connectivity index (χ4v) is 10.1. The van der Waals surface area contributed by atoms with Gasteiger partial charge in [-0.15, -0.1) is 0 Å². The first-order valence-corrected chi connectivity index (χ1v) is 32.5. The number of phosphoric ester groups is 1. The minimum atomic E-state index is -4.69. The molecule has 0 fully saturated rings. The van der Waals surface area contributed by atoms with E-state index < -0.39 is 20.0 Å². The molecule has 0 rings (SSSR count). The third-order valence-electron chi connectivity index (χ3n) is 14.2. The number of nitrogens with zero attached hydrogens (tertiary/aromatic N) is 1. The van der Waals surface area contributed by atoms with Gasteiger partial charge < -0.3 is 28.5 Å². The Labute approximate surface area is 441 Å². The number of quaternary nitrogens is 1. The molecule has 0 aromatic rings. The van der Waals surface area contributed by atoms with E-state index in [1.54, 1.807) is 0 Å². The number of hydrogen-bond donors (Lipinski definition) is 1. The van der Waals surface area contributed by atoms with Crippen molar-refractivity contribution in [1.82, 2.24) is 5.32 Å². The van der Waals surface area contributed by atoms with Gasteiger partial charge in [0.05, 0.1) is 33.8 Å². The van der Waals surface area contributed by atoms with E-state index in [1.165, 1.54) is 225 Å². The predicted molar refractivity (Wildman–Crippen MR) is 303 cm³/mol. The van der Waals surface area contributed by atoms with Crippen LogP contribution in [0.3, 0.4) is 0 Å². The smallest absolute Gasteiger partial charge is 0.306 e. The molecule has 0 saturated heterocycles. The Morgan fingerprint density at radius 1 is 0.479 bits per heavy atom. The molecule has 0 radical (unpaired) electrons. The molecule has 9 nitrogen and oxygen atoms in total. The summed E-state index contributed by atoms with van der Waals surface area (Å²) in [4.78, 5) is 39.9. The van der Waals surface area contributed by atoms with Crippen LogP contribution in [0.2, 0.25) is 0 Å². The zero-order chi connectivity index (χ0) is 52.2. The third kappa shape index (κ3) is 53.4. The van der Waals surface area contributed by atoms with Crippen molar-refractivity contribution in [1.29, 1.82) is 0 Å². The van der Waals surface area contributed by atoms with Gasteiger partial charge in [-0.3, -0.25) is 14.2 Å². The highest BCUT2D eigenvalue weighted by Crippen LogP contribution is 2.38. The SMILES string of the molecule is CCCCCCCCCCC/C=C\C(OC(=O)CCCCCCCCCCCCCCCCCCCCCCC)C(COP(=O)([O-])OCC[N+](C)(C)C)NC(=O)CCCCCCCCCCCCCCC. The monoisotopic (exact) mass is 1020 g/mol. The number of carbonyl (C=O) groups excluding carboxylic acids is 2. The zero-order valence-electron chi connectivity index (χ0n) is 48.2. The van der Waals surface area contributed by atoms with E-state index in [9.17, 15) is 19.0 Å². The Hall–Kier alpha value is -1.25. The first-order valence-electron chi connectivity index (χ1n) is 31.0. The van der Waals surface area contributed by atoms with E-state index in [1.807, 2.05) is 33.3 Å². The molecular formula is C61H121N2O7P. The third-order valence-corrected chi connectivity index (χ3v) is 15.2. The minimum absolute atomic E-state index is 0.0169. The van der Waals surface area contributed by atoms with Gasteiger partial charge in [-0.1, -0.05) is 284 Å². The van der Waals surface area contributed by atoms with Crippen molar-refractivity contribution in [3.8, 4) is 0 Å². The van der Waals surface area contributed by atoms with Gasteiger partial charge in [0.2, 0.25) is 5.91 Å². The average Bonchev–Trinajstić information content (AvgIpc) is 3.33. The summed E-state index contributed by atoms with van der Waals surface area (Å²) in [7, 11) is 1.21. The number of phosphoric acid groups is 1. The van der Waals surface area contributed by atoms with Crippen LogP contribution in [0.25, 0.3) is 0 Å². The molecule has 0 heterocycles. The number of rotatable bonds is 57. The van der Waals surface area contributed by atoms with Crippen LogP contribution in [0.4, 0.5) is 0 Å². The van der Waals surface area contributed by atoms with Crippen LogP contribution >= 0.6 is 7.82 Å². The number of unbranched alkanes of at least 4 members (excludes halogenated alkanes) is 41. The molecule has 0 saturated carbocycles. The van der Waals surface area contributed by atoms with Gasteiger partial charge in [-0.2, -0.15) is 0 Å². The molecule has 422 valence electrons. The maximum Gasteiger partial charge on any atom is 0.306 e. The first kappa shape index (κ1) is 69.8. The fourth-order valence-electron chi connectivity index (χ4n) is 9.41. The van der Waals surface area contributed by atoms with Crippen molar-refractivity contribution in [2.75, 3.05) is 40.9 Å². The maximum atomic E-state index is 13.5. The molecule has 3 unspecified atom stereocenters. The van der Waals surface area contributed by atoms with Crippen LogP contribution in [0, 0.1) is 0 Å². The van der Waals surface area contributed by atoms with Gasteiger partial charge >= 0.3 is 5.97 Å². The number of ether oxygens (including phenoxy) is 1. The Kier molecular flexibility index (Phi) is 51.3. The van der Waals surface area contributed by atoms with Gasteiger partial charge in [0.1, 0.15) is 19.3 Å². The molecule has 0 aromatic heterocycles. The van der Waals surface area contributed by atoms with Crippen LogP contribution in [-0.2, 0) is 27.9 Å². The number of carbonyl (C=O) groups is 2. The quantitative estimate of drug-likeness (QED) is 0.0212. The van der Waals surface area contributed by atoms with Gasteiger partial charge in [0.15, 0.2) is 0 Å². The summed E-state index contributed by atoms with van der Waals surface area (Å²) in [5.74, 6) is -0.521. The molecule has 71 heavy (non-hydrogen) atoms. The molecule has 0 aliphatic rings. The molecule has 0 aromatic carbocycles. The van der Waals surface area contributed by atoms with Crippen LogP contribution in [0.5, 0.6) is 0 Å². The molecule has 0 bridgehead atoms. The van der Waals surface area contributed by atoms with Crippen molar-refractivity contribution in [3.05, 3.63) is 12.2 Å². The average molecular weight is 1030 g/mol. The van der Waals surface area contributed by atoms with E-state index >= 15 is 0 Å². The summed E-state index contributed by atoms with van der Waals surface area (Å²) in [6.45, 7) is 6.88. The lowest BCUT2D eigenvalue weighted by Gasteiger charge is -2.30. The van der Waals surface area contributed by atoms with Crippen molar-refractivity contribution in [2.45, 2.75) is 328 Å². The largest absolute Gasteiger partial charge is 0.756 e. The molecular weight excluding hydrogens is 904 g/mol. The van der Waals surface area contributed by atoms with Crippen LogP contribution < -0.4 is 10.2 Å². The molecule has 1 amide bonds. The van der Waals surface area contributed by atoms with E-state index in [-0.39, 0.29) is 31.5 Å². The molecule has 10 heteroatoms. The number of amides is 1. The summed E-state index contributed by atoms with van der Waals surface area (Å²) in [6.07, 6.45) is 58.9. The summed E-state index contributed by atoms with van der Waals surface area (Å²) < 4.78 is 30.3. The fraction of sp³-hybridized carbons (Fsp3) is 0.934. The highest BCUT2D eigenvalue weighted by Gasteiger charge is 2.27. The van der Waals surface area contributed by atoms with E-state index in [2.05, 4.69) is 26.1 Å². The number of nitrogens with one attached hydrogen (secondary N) is 1. The minimum Gasteiger partial charge on any atom is -0.756 e. The lowest BCUT2D eigenvalue weighted by Crippen LogP contribution is -2.47. The Balaban J connectivity index is 5.12. The maximum absolute atomic E-state index is 13.5. The Morgan fingerprint density at radius 2 is 0.803 bits per heavy atom. The standard InChI is InChI=1S/C61H121N2O7P/c1-7-10-13-16-19-22-25-27-28-29-30-31-32-33-34-36-39-42-45-48-51-54-61(65)70-59(52-49-46-43-40-37-24-21-18-15-12-9-3)58(57-69-71(66,67)68-56-55-63(4,5)6)62-60(64)53-50-47-44-41-38-35-26-23-20-17-14-11-8-2/h49,52,58-59H,7-48,50-51,53-57H2,1-6H3,(H-,62,64,66,67)/b52-49-. The number of hydrogen-bond acceptors (Lipinski definition) is 7. The first-order chi connectivity index (χ1) is 34.4. The zero-order valence-corrected chi connectivity index (χ0v) is 49.1. The van der Waals surface area contributed by atoms with Gasteiger partial charge in [0.25, 0.3) is 7.82 Å². The molecule has 0 spiro atoms. The second-order valence-electron chi connectivity index (χ2n) is 22.6. The van der Waals surface area contributed by atoms with Gasteiger partial charge in [0, 0.05) is 12.8 Å². The van der Waals surface area contributed by atoms with E-state index in [0.29, 0.717) is 17.4 Å². The summed E-state index contributed by atoms with van der Waals surface area (Å²) in [5, 5.41) is 3.03. The van der Waals surface area contributed by atoms with Crippen molar-refractivity contribution in [2.24, 2.45) is 0 Å². The van der Waals surface area contributed by atoms with Gasteiger partial charge in [-0.05, 0) is 31.8 Å². The Morgan fingerprint density at radius 3 is 1.15 bits per heavy atom. The normalized spacial score (nSPS) is 13.7. The van der Waals surface area contributed by atoms with Crippen LogP contribution in [-0.4, -0.2) is 69.4 Å². The molecule has 3 atom stereocenters. The van der Waals surface area contributed by atoms with E-state index in [0.717, 1.165) is 57.8 Å². The highest BCUT2D eigenvalue weighted by molar-refractivity contribution is 7.45. The molecule has 0 aliphatic carbocycles. The molecule has 0 aliphatic heterocycles. The lowest BCUT2D eigenvalue weighted by molar-refractivity contribution is -0.870. The van der Waals surface area contributed by atoms with Gasteiger partial charge in [-0.25, -0.2) is 0 Å². The number of allylic oxidation sites excluding steroid dienone is 1. The topological polar surface area (TPSA) is 114 Å². The predicted octanol–water partition coefficient (Wildman–Crippen LogP) is 18.2. The number of likely N-dealkylation sites (N-methyl/N-ethyl adjacent to an activating group) is 1.